The zero-order valence-corrected chi connectivity index (χ0v) is 11.1. The van der Waals surface area contributed by atoms with E-state index in [1.54, 1.807) is 6.26 Å². The van der Waals surface area contributed by atoms with Crippen molar-refractivity contribution in [3.8, 4) is 0 Å². The molecule has 3 nitrogen and oxygen atoms in total. The molecule has 4 atom stereocenters. The van der Waals surface area contributed by atoms with Gasteiger partial charge in [-0.2, -0.15) is 0 Å². The molecule has 1 aromatic rings. The van der Waals surface area contributed by atoms with Crippen molar-refractivity contribution >= 4 is 5.78 Å². The Morgan fingerprint density at radius 2 is 2.17 bits per heavy atom. The fourth-order valence-corrected chi connectivity index (χ4v) is 4.26. The van der Waals surface area contributed by atoms with Crippen molar-refractivity contribution in [3.63, 3.8) is 0 Å². The highest BCUT2D eigenvalue weighted by molar-refractivity contribution is 6.05. The van der Waals surface area contributed by atoms with Crippen LogP contribution in [0.4, 0.5) is 0 Å². The summed E-state index contributed by atoms with van der Waals surface area (Å²) in [5, 5.41) is 0. The van der Waals surface area contributed by atoms with Gasteiger partial charge in [-0.15, -0.1) is 0 Å². The second-order valence-corrected chi connectivity index (χ2v) is 6.40. The van der Waals surface area contributed by atoms with Gasteiger partial charge in [0.05, 0.1) is 23.3 Å². The molecule has 4 rings (SSSR count). The van der Waals surface area contributed by atoms with Crippen LogP contribution in [0.2, 0.25) is 0 Å². The summed E-state index contributed by atoms with van der Waals surface area (Å²) in [7, 11) is 0. The lowest BCUT2D eigenvalue weighted by atomic mass is 9.54. The van der Waals surface area contributed by atoms with E-state index in [1.165, 1.54) is 0 Å². The quantitative estimate of drug-likeness (QED) is 0.661. The van der Waals surface area contributed by atoms with E-state index in [1.807, 2.05) is 6.92 Å². The normalized spacial score (nSPS) is 45.2. The van der Waals surface area contributed by atoms with Gasteiger partial charge in [0.2, 0.25) is 0 Å². The van der Waals surface area contributed by atoms with E-state index >= 15 is 0 Å². The third-order valence-electron chi connectivity index (χ3n) is 5.72. The number of hydrogen-bond donors (Lipinski definition) is 0. The standard InChI is InChI=1S/C15H18O3/c1-8-7-17-10-6-15-11(18-15)5-4-9(2)14(15,3)13(16)12(8)10/h7,9,11H,4-6H2,1-3H3/t9-,11+,14-,15?/m0/s1. The Labute approximate surface area is 106 Å². The van der Waals surface area contributed by atoms with Crippen molar-refractivity contribution in [2.45, 2.75) is 51.7 Å². The minimum Gasteiger partial charge on any atom is -0.468 e. The summed E-state index contributed by atoms with van der Waals surface area (Å²) in [5.74, 6) is 1.46. The predicted molar refractivity (Wildman–Crippen MR) is 65.6 cm³/mol. The summed E-state index contributed by atoms with van der Waals surface area (Å²) in [6, 6.07) is 0. The van der Waals surface area contributed by atoms with Crippen molar-refractivity contribution in [1.82, 2.24) is 0 Å². The van der Waals surface area contributed by atoms with Gasteiger partial charge in [0.1, 0.15) is 11.4 Å². The maximum Gasteiger partial charge on any atom is 0.175 e. The molecule has 0 radical (unpaired) electrons. The van der Waals surface area contributed by atoms with Crippen LogP contribution in [0.25, 0.3) is 0 Å². The second-order valence-electron chi connectivity index (χ2n) is 6.40. The molecular formula is C15H18O3. The Morgan fingerprint density at radius 3 is 2.94 bits per heavy atom. The third-order valence-corrected chi connectivity index (χ3v) is 5.72. The van der Waals surface area contributed by atoms with Crippen molar-refractivity contribution in [2.75, 3.05) is 0 Å². The molecule has 0 bridgehead atoms. The molecular weight excluding hydrogens is 228 g/mol. The van der Waals surface area contributed by atoms with Gasteiger partial charge in [-0.3, -0.25) is 4.79 Å². The van der Waals surface area contributed by atoms with Crippen LogP contribution < -0.4 is 0 Å². The number of furan rings is 1. The summed E-state index contributed by atoms with van der Waals surface area (Å²) >= 11 is 0. The molecule has 0 amide bonds. The zero-order chi connectivity index (χ0) is 12.7. The van der Waals surface area contributed by atoms with Gasteiger partial charge in [-0.1, -0.05) is 6.92 Å². The molecule has 1 saturated carbocycles. The summed E-state index contributed by atoms with van der Waals surface area (Å²) < 4.78 is 11.6. The van der Waals surface area contributed by atoms with E-state index in [2.05, 4.69) is 13.8 Å². The van der Waals surface area contributed by atoms with Gasteiger partial charge in [0, 0.05) is 6.42 Å². The average molecular weight is 246 g/mol. The van der Waals surface area contributed by atoms with E-state index < -0.39 is 0 Å². The maximum absolute atomic E-state index is 13.0. The number of hydrogen-bond acceptors (Lipinski definition) is 3. The first-order chi connectivity index (χ1) is 8.50. The summed E-state index contributed by atoms with van der Waals surface area (Å²) in [5.41, 5.74) is 1.17. The number of rotatable bonds is 0. The Hall–Kier alpha value is -1.09. The molecule has 1 unspecified atom stereocenters. The second kappa shape index (κ2) is 2.90. The van der Waals surface area contributed by atoms with E-state index in [9.17, 15) is 4.79 Å². The van der Waals surface area contributed by atoms with Crippen LogP contribution in [-0.2, 0) is 11.2 Å². The fourth-order valence-electron chi connectivity index (χ4n) is 4.26. The molecule has 18 heavy (non-hydrogen) atoms. The topological polar surface area (TPSA) is 42.7 Å². The van der Waals surface area contributed by atoms with Gasteiger partial charge in [0.25, 0.3) is 0 Å². The fraction of sp³-hybridized carbons (Fsp3) is 0.667. The molecule has 2 fully saturated rings. The molecule has 3 heteroatoms. The Balaban J connectivity index is 1.94. The van der Waals surface area contributed by atoms with Crippen molar-refractivity contribution in [3.05, 3.63) is 23.2 Å². The third kappa shape index (κ3) is 0.923. The Morgan fingerprint density at radius 1 is 1.39 bits per heavy atom. The molecule has 1 aliphatic heterocycles. The van der Waals surface area contributed by atoms with E-state index in [0.717, 1.165) is 36.1 Å². The number of Topliss-reactive ketones (excluding diaryl/α,β-unsaturated/α-hetero) is 1. The summed E-state index contributed by atoms with van der Waals surface area (Å²) in [6.07, 6.45) is 4.91. The molecule has 0 aromatic carbocycles. The van der Waals surface area contributed by atoms with Gasteiger partial charge < -0.3 is 9.15 Å². The first kappa shape index (κ1) is 10.8. The molecule has 96 valence electrons. The number of carbonyl (C=O) groups is 1. The summed E-state index contributed by atoms with van der Waals surface area (Å²) in [4.78, 5) is 13.0. The highest BCUT2D eigenvalue weighted by Crippen LogP contribution is 2.65. The number of fused-ring (bicyclic) bond motifs is 1. The van der Waals surface area contributed by atoms with E-state index in [-0.39, 0.29) is 22.9 Å². The Bertz CT molecular complexity index is 558. The van der Waals surface area contributed by atoms with Crippen LogP contribution in [0, 0.1) is 18.3 Å². The maximum atomic E-state index is 13.0. The first-order valence-electron chi connectivity index (χ1n) is 6.80. The number of ether oxygens (including phenoxy) is 1. The summed E-state index contributed by atoms with van der Waals surface area (Å²) in [6.45, 7) is 6.26. The van der Waals surface area contributed by atoms with Crippen molar-refractivity contribution in [2.24, 2.45) is 11.3 Å². The van der Waals surface area contributed by atoms with Gasteiger partial charge in [-0.05, 0) is 38.2 Å². The van der Waals surface area contributed by atoms with Crippen molar-refractivity contribution < 1.29 is 13.9 Å². The molecule has 2 heterocycles. The molecule has 2 aliphatic carbocycles. The lowest BCUT2D eigenvalue weighted by Crippen LogP contribution is -2.55. The minimum absolute atomic E-state index is 0.240. The number of aryl methyl sites for hydroxylation is 1. The van der Waals surface area contributed by atoms with Crippen LogP contribution in [0.5, 0.6) is 0 Å². The minimum atomic E-state index is -0.364. The molecule has 1 spiro atoms. The zero-order valence-electron chi connectivity index (χ0n) is 11.1. The lowest BCUT2D eigenvalue weighted by molar-refractivity contribution is 0.0308. The molecule has 1 aromatic heterocycles. The Kier molecular flexibility index (Phi) is 1.74. The van der Waals surface area contributed by atoms with E-state index in [0.29, 0.717) is 5.92 Å². The average Bonchev–Trinajstić information content (AvgIpc) is 2.93. The number of carbonyl (C=O) groups excluding carboxylic acids is 1. The lowest BCUT2D eigenvalue weighted by Gasteiger charge is -2.45. The number of epoxide rings is 1. The van der Waals surface area contributed by atoms with Crippen molar-refractivity contribution in [1.29, 1.82) is 0 Å². The monoisotopic (exact) mass is 246 g/mol. The number of ketones is 1. The van der Waals surface area contributed by atoms with Crippen LogP contribution in [0.3, 0.4) is 0 Å². The predicted octanol–water partition coefficient (Wildman–Crippen LogP) is 2.90. The SMILES string of the molecule is Cc1coc2c1C(=O)[C@]1(C)[C@@H](C)CC[C@H]3OC31C2. The van der Waals surface area contributed by atoms with Crippen LogP contribution >= 0.6 is 0 Å². The molecule has 3 aliphatic rings. The molecule has 0 N–H and O–H groups in total. The van der Waals surface area contributed by atoms with Gasteiger partial charge in [0.15, 0.2) is 5.78 Å². The van der Waals surface area contributed by atoms with Crippen LogP contribution in [-0.4, -0.2) is 17.5 Å². The van der Waals surface area contributed by atoms with E-state index in [4.69, 9.17) is 9.15 Å². The van der Waals surface area contributed by atoms with Crippen LogP contribution in [0.1, 0.15) is 48.4 Å². The first-order valence-corrected chi connectivity index (χ1v) is 6.80. The smallest absolute Gasteiger partial charge is 0.175 e. The highest BCUT2D eigenvalue weighted by Gasteiger charge is 2.75. The van der Waals surface area contributed by atoms with Gasteiger partial charge >= 0.3 is 0 Å². The van der Waals surface area contributed by atoms with Crippen LogP contribution in [0.15, 0.2) is 10.7 Å². The molecule has 1 saturated heterocycles. The largest absolute Gasteiger partial charge is 0.468 e. The van der Waals surface area contributed by atoms with Gasteiger partial charge in [-0.25, -0.2) is 0 Å². The highest BCUT2D eigenvalue weighted by atomic mass is 16.6.